The van der Waals surface area contributed by atoms with Crippen molar-refractivity contribution in [3.05, 3.63) is 59.2 Å². The molecular weight excluding hydrogens is 432 g/mol. The number of carboxylic acid groups (broad SMARTS) is 1. The highest BCUT2D eigenvalue weighted by molar-refractivity contribution is 7.92. The highest BCUT2D eigenvalue weighted by Crippen LogP contribution is 2.21. The quantitative estimate of drug-likeness (QED) is 0.495. The Morgan fingerprint density at radius 3 is 1.84 bits per heavy atom. The Hall–Kier alpha value is -3.93. The van der Waals surface area contributed by atoms with E-state index in [0.29, 0.717) is 0 Å². The maximum Gasteiger partial charge on any atom is 0.337 e. The Kier molecular flexibility index (Phi) is 7.32. The number of carbonyl (C=O) groups is 4. The van der Waals surface area contributed by atoms with Crippen LogP contribution in [0.4, 0.5) is 5.69 Å². The lowest BCUT2D eigenvalue weighted by atomic mass is 10.1. The minimum absolute atomic E-state index is 0.0814. The van der Waals surface area contributed by atoms with Crippen molar-refractivity contribution in [1.82, 2.24) is 5.32 Å². The zero-order chi connectivity index (χ0) is 23.2. The lowest BCUT2D eigenvalue weighted by Gasteiger charge is -2.11. The molecule has 0 heterocycles. The van der Waals surface area contributed by atoms with Crippen molar-refractivity contribution >= 4 is 39.5 Å². The van der Waals surface area contributed by atoms with Crippen LogP contribution in [0.15, 0.2) is 47.4 Å². The van der Waals surface area contributed by atoms with Gasteiger partial charge in [-0.05, 0) is 42.5 Å². The van der Waals surface area contributed by atoms with Crippen molar-refractivity contribution in [2.45, 2.75) is 4.90 Å². The van der Waals surface area contributed by atoms with Crippen LogP contribution in [0.25, 0.3) is 0 Å². The van der Waals surface area contributed by atoms with Crippen molar-refractivity contribution in [2.24, 2.45) is 0 Å². The molecule has 3 N–H and O–H groups in total. The molecule has 0 atom stereocenters. The van der Waals surface area contributed by atoms with E-state index in [2.05, 4.69) is 19.5 Å². The van der Waals surface area contributed by atoms with Gasteiger partial charge in [0, 0.05) is 11.3 Å². The smallest absolute Gasteiger partial charge is 0.337 e. The summed E-state index contributed by atoms with van der Waals surface area (Å²) in [4.78, 5) is 45.6. The molecule has 0 saturated carbocycles. The van der Waals surface area contributed by atoms with Gasteiger partial charge >= 0.3 is 17.9 Å². The standard InChI is InChI=1S/C19H18N2O9S/c1-29-18(25)12-7-13(19(26)30-2)9-15(8-12)31(27,28)21-14-5-3-11(4-6-14)17(24)20-10-16(22)23/h3-9,21H,10H2,1-2H3,(H,20,24)(H,22,23). The first kappa shape index (κ1) is 23.3. The number of nitrogens with one attached hydrogen (secondary N) is 2. The molecule has 2 aromatic carbocycles. The molecule has 0 aromatic heterocycles. The summed E-state index contributed by atoms with van der Waals surface area (Å²) >= 11 is 0. The van der Waals surface area contributed by atoms with Crippen LogP contribution in [0.1, 0.15) is 31.1 Å². The van der Waals surface area contributed by atoms with E-state index in [1.807, 2.05) is 0 Å². The molecule has 0 aliphatic rings. The maximum atomic E-state index is 12.8. The van der Waals surface area contributed by atoms with Gasteiger partial charge in [0.25, 0.3) is 15.9 Å². The van der Waals surface area contributed by atoms with Crippen molar-refractivity contribution in [2.75, 3.05) is 25.5 Å². The number of sulfonamides is 1. The summed E-state index contributed by atoms with van der Waals surface area (Å²) in [5.41, 5.74) is -0.143. The normalized spacial score (nSPS) is 10.6. The van der Waals surface area contributed by atoms with E-state index in [-0.39, 0.29) is 27.3 Å². The van der Waals surface area contributed by atoms with E-state index < -0.39 is 40.4 Å². The third-order valence-electron chi connectivity index (χ3n) is 3.86. The number of amides is 1. The zero-order valence-electron chi connectivity index (χ0n) is 16.4. The first-order chi connectivity index (χ1) is 14.6. The van der Waals surface area contributed by atoms with Gasteiger partial charge in [0.1, 0.15) is 6.54 Å². The zero-order valence-corrected chi connectivity index (χ0v) is 17.2. The van der Waals surface area contributed by atoms with Crippen LogP contribution in [-0.2, 0) is 24.3 Å². The van der Waals surface area contributed by atoms with Crippen LogP contribution in [0.5, 0.6) is 0 Å². The number of hydrogen-bond acceptors (Lipinski definition) is 8. The molecule has 1 amide bonds. The minimum Gasteiger partial charge on any atom is -0.480 e. The van der Waals surface area contributed by atoms with Gasteiger partial charge < -0.3 is 19.9 Å². The predicted octanol–water partition coefficient (Wildman–Crippen LogP) is 0.875. The van der Waals surface area contributed by atoms with Crippen molar-refractivity contribution in [3.63, 3.8) is 0 Å². The number of carbonyl (C=O) groups excluding carboxylic acids is 3. The molecule has 0 bridgehead atoms. The van der Waals surface area contributed by atoms with E-state index >= 15 is 0 Å². The molecule has 0 fully saturated rings. The maximum absolute atomic E-state index is 12.8. The summed E-state index contributed by atoms with van der Waals surface area (Å²) in [5, 5.41) is 10.8. The second-order valence-electron chi connectivity index (χ2n) is 5.99. The number of aliphatic carboxylic acids is 1. The minimum atomic E-state index is -4.24. The van der Waals surface area contributed by atoms with Gasteiger partial charge in [-0.1, -0.05) is 0 Å². The molecule has 0 spiro atoms. The van der Waals surface area contributed by atoms with Gasteiger partial charge in [0.15, 0.2) is 0 Å². The number of carboxylic acids is 1. The summed E-state index contributed by atoms with van der Waals surface area (Å²) in [6, 6.07) is 8.38. The second kappa shape index (κ2) is 9.71. The van der Waals surface area contributed by atoms with E-state index in [9.17, 15) is 27.6 Å². The highest BCUT2D eigenvalue weighted by atomic mass is 32.2. The molecule has 2 aromatic rings. The van der Waals surface area contributed by atoms with Crippen LogP contribution >= 0.6 is 0 Å². The second-order valence-corrected chi connectivity index (χ2v) is 7.67. The summed E-state index contributed by atoms with van der Waals surface area (Å²) in [5.74, 6) is -3.55. The van der Waals surface area contributed by atoms with Gasteiger partial charge in [-0.15, -0.1) is 0 Å². The fourth-order valence-electron chi connectivity index (χ4n) is 2.39. The molecule has 0 aliphatic heterocycles. The van der Waals surface area contributed by atoms with E-state index in [4.69, 9.17) is 5.11 Å². The van der Waals surface area contributed by atoms with Gasteiger partial charge in [-0.25, -0.2) is 18.0 Å². The van der Waals surface area contributed by atoms with E-state index in [1.165, 1.54) is 24.3 Å². The third kappa shape index (κ3) is 6.02. The third-order valence-corrected chi connectivity index (χ3v) is 5.22. The fourth-order valence-corrected chi connectivity index (χ4v) is 3.52. The number of benzene rings is 2. The summed E-state index contributed by atoms with van der Waals surface area (Å²) in [6.07, 6.45) is 0. The van der Waals surface area contributed by atoms with Crippen LogP contribution in [0.3, 0.4) is 0 Å². The van der Waals surface area contributed by atoms with E-state index in [1.54, 1.807) is 0 Å². The molecular formula is C19H18N2O9S. The molecule has 0 aliphatic carbocycles. The Labute approximate surface area is 177 Å². The summed E-state index contributed by atoms with van der Waals surface area (Å²) in [6.45, 7) is -0.563. The van der Waals surface area contributed by atoms with Crippen LogP contribution in [0, 0.1) is 0 Å². The molecule has 0 unspecified atom stereocenters. The number of methoxy groups -OCH3 is 2. The number of esters is 2. The lowest BCUT2D eigenvalue weighted by molar-refractivity contribution is -0.135. The van der Waals surface area contributed by atoms with Crippen molar-refractivity contribution in [1.29, 1.82) is 0 Å². The first-order valence-electron chi connectivity index (χ1n) is 8.52. The average molecular weight is 450 g/mol. The van der Waals surface area contributed by atoms with Crippen LogP contribution < -0.4 is 10.0 Å². The van der Waals surface area contributed by atoms with Crippen molar-refractivity contribution < 1.29 is 42.2 Å². The van der Waals surface area contributed by atoms with E-state index in [0.717, 1.165) is 32.4 Å². The first-order valence-corrected chi connectivity index (χ1v) is 10.0. The Morgan fingerprint density at radius 1 is 0.871 bits per heavy atom. The Balaban J connectivity index is 2.31. The van der Waals surface area contributed by atoms with Gasteiger partial charge in [-0.2, -0.15) is 0 Å². The number of rotatable bonds is 8. The number of hydrogen-bond donors (Lipinski definition) is 3. The highest BCUT2D eigenvalue weighted by Gasteiger charge is 2.21. The number of anilines is 1. The van der Waals surface area contributed by atoms with Crippen LogP contribution in [0.2, 0.25) is 0 Å². The molecule has 31 heavy (non-hydrogen) atoms. The SMILES string of the molecule is COC(=O)c1cc(C(=O)OC)cc(S(=O)(=O)Nc2ccc(C(=O)NCC(=O)O)cc2)c1. The topological polar surface area (TPSA) is 165 Å². The molecule has 0 saturated heterocycles. The monoisotopic (exact) mass is 450 g/mol. The summed E-state index contributed by atoms with van der Waals surface area (Å²) in [7, 11) is -2.03. The van der Waals surface area contributed by atoms with Gasteiger partial charge in [0.2, 0.25) is 0 Å². The average Bonchev–Trinajstić information content (AvgIpc) is 2.76. The van der Waals surface area contributed by atoms with Crippen LogP contribution in [-0.4, -0.2) is 58.1 Å². The number of ether oxygens (including phenoxy) is 2. The Bertz CT molecular complexity index is 1090. The molecule has 0 radical (unpaired) electrons. The predicted molar refractivity (Wildman–Crippen MR) is 106 cm³/mol. The van der Waals surface area contributed by atoms with Gasteiger partial charge in [-0.3, -0.25) is 14.3 Å². The lowest BCUT2D eigenvalue weighted by Crippen LogP contribution is -2.29. The van der Waals surface area contributed by atoms with Crippen molar-refractivity contribution in [3.8, 4) is 0 Å². The largest absolute Gasteiger partial charge is 0.480 e. The molecule has 2 rings (SSSR count). The molecule has 164 valence electrons. The Morgan fingerprint density at radius 2 is 1.39 bits per heavy atom. The summed E-state index contributed by atoms with van der Waals surface area (Å²) < 4.78 is 36.9. The molecule has 12 heteroatoms. The van der Waals surface area contributed by atoms with Gasteiger partial charge in [0.05, 0.1) is 30.2 Å². The fraction of sp³-hybridized carbons (Fsp3) is 0.158. The molecule has 11 nitrogen and oxygen atoms in total.